The van der Waals surface area contributed by atoms with Crippen LogP contribution in [0.25, 0.3) is 0 Å². The molecule has 1 aliphatic rings. The van der Waals surface area contributed by atoms with Gasteiger partial charge in [0.25, 0.3) is 0 Å². The molecule has 6 heteroatoms. The van der Waals surface area contributed by atoms with E-state index in [2.05, 4.69) is 5.32 Å². The van der Waals surface area contributed by atoms with E-state index in [4.69, 9.17) is 10.1 Å². The van der Waals surface area contributed by atoms with Gasteiger partial charge >= 0.3 is 6.09 Å². The van der Waals surface area contributed by atoms with Crippen LogP contribution in [-0.2, 0) is 9.53 Å². The first-order valence-corrected chi connectivity index (χ1v) is 8.40. The number of rotatable bonds is 6. The van der Waals surface area contributed by atoms with Gasteiger partial charge in [-0.25, -0.2) is 4.79 Å². The van der Waals surface area contributed by atoms with Crippen LogP contribution in [0.15, 0.2) is 0 Å². The number of hydrogen-bond acceptors (Lipinski definition) is 4. The van der Waals surface area contributed by atoms with Crippen LogP contribution >= 0.6 is 0 Å². The predicted molar refractivity (Wildman–Crippen MR) is 90.8 cm³/mol. The van der Waals surface area contributed by atoms with Crippen molar-refractivity contribution in [1.29, 1.82) is 5.41 Å². The largest absolute Gasteiger partial charge is 0.444 e. The highest BCUT2D eigenvalue weighted by molar-refractivity contribution is 6.02. The van der Waals surface area contributed by atoms with E-state index < -0.39 is 17.7 Å². The van der Waals surface area contributed by atoms with Crippen LogP contribution in [0.5, 0.6) is 0 Å². The van der Waals surface area contributed by atoms with E-state index >= 15 is 0 Å². The van der Waals surface area contributed by atoms with Gasteiger partial charge in [-0.2, -0.15) is 0 Å². The van der Waals surface area contributed by atoms with Crippen LogP contribution in [0.3, 0.4) is 0 Å². The fraction of sp³-hybridized carbons (Fsp3) is 0.824. The quantitative estimate of drug-likeness (QED) is 0.737. The third kappa shape index (κ3) is 7.01. The van der Waals surface area contributed by atoms with E-state index in [9.17, 15) is 9.59 Å². The van der Waals surface area contributed by atoms with Crippen LogP contribution < -0.4 is 5.32 Å². The molecule has 2 N–H and O–H groups in total. The molecule has 0 heterocycles. The molecule has 1 fully saturated rings. The van der Waals surface area contributed by atoms with Gasteiger partial charge < -0.3 is 20.4 Å². The highest BCUT2D eigenvalue weighted by Gasteiger charge is 2.26. The first-order valence-electron chi connectivity index (χ1n) is 8.40. The molecule has 0 spiro atoms. The summed E-state index contributed by atoms with van der Waals surface area (Å²) in [6.07, 6.45) is 4.37. The predicted octanol–water partition coefficient (Wildman–Crippen LogP) is 2.96. The number of ether oxygens (including phenoxy) is 1. The van der Waals surface area contributed by atoms with Gasteiger partial charge in [0.15, 0.2) is 0 Å². The van der Waals surface area contributed by atoms with Crippen LogP contribution in [0.1, 0.15) is 59.8 Å². The number of carbonyl (C=O) groups is 2. The SMILES string of the molecule is CC(C(=N)CC(=O)NCC1CCCC1)N(C)C(=O)OC(C)(C)C. The van der Waals surface area contributed by atoms with Gasteiger partial charge in [-0.3, -0.25) is 4.79 Å². The topological polar surface area (TPSA) is 82.5 Å². The van der Waals surface area contributed by atoms with E-state index in [1.165, 1.54) is 30.6 Å². The minimum Gasteiger partial charge on any atom is -0.444 e. The molecule has 0 aromatic rings. The summed E-state index contributed by atoms with van der Waals surface area (Å²) in [7, 11) is 1.59. The Hall–Kier alpha value is -1.59. The van der Waals surface area contributed by atoms with E-state index in [0.717, 1.165) is 0 Å². The fourth-order valence-corrected chi connectivity index (χ4v) is 2.58. The third-order valence-electron chi connectivity index (χ3n) is 4.18. The van der Waals surface area contributed by atoms with Crippen molar-refractivity contribution in [2.24, 2.45) is 5.92 Å². The van der Waals surface area contributed by atoms with Crippen LogP contribution in [0.4, 0.5) is 4.79 Å². The Morgan fingerprint density at radius 2 is 1.87 bits per heavy atom. The molecule has 0 aliphatic heterocycles. The Morgan fingerprint density at radius 3 is 2.39 bits per heavy atom. The normalized spacial score (nSPS) is 16.7. The molecule has 2 amide bonds. The molecule has 6 nitrogen and oxygen atoms in total. The fourth-order valence-electron chi connectivity index (χ4n) is 2.58. The van der Waals surface area contributed by atoms with Crippen molar-refractivity contribution >= 4 is 17.7 Å². The Kier molecular flexibility index (Phi) is 7.03. The molecule has 1 unspecified atom stereocenters. The van der Waals surface area contributed by atoms with E-state index in [0.29, 0.717) is 12.5 Å². The second-order valence-electron chi connectivity index (χ2n) is 7.42. The Morgan fingerprint density at radius 1 is 1.30 bits per heavy atom. The maximum Gasteiger partial charge on any atom is 0.410 e. The number of nitrogens with one attached hydrogen (secondary N) is 2. The Labute approximate surface area is 139 Å². The van der Waals surface area contributed by atoms with Gasteiger partial charge in [0, 0.05) is 19.3 Å². The van der Waals surface area contributed by atoms with Crippen molar-refractivity contribution in [2.45, 2.75) is 71.4 Å². The summed E-state index contributed by atoms with van der Waals surface area (Å²) in [4.78, 5) is 25.3. The first-order chi connectivity index (χ1) is 10.6. The minimum absolute atomic E-state index is 0.0149. The lowest BCUT2D eigenvalue weighted by Gasteiger charge is -2.29. The van der Waals surface area contributed by atoms with Gasteiger partial charge in [-0.05, 0) is 46.5 Å². The monoisotopic (exact) mass is 325 g/mol. The zero-order valence-corrected chi connectivity index (χ0v) is 15.1. The molecule has 0 aromatic heterocycles. The summed E-state index contributed by atoms with van der Waals surface area (Å²) in [6.45, 7) is 7.82. The molecule has 1 atom stereocenters. The smallest absolute Gasteiger partial charge is 0.410 e. The minimum atomic E-state index is -0.577. The van der Waals surface area contributed by atoms with Crippen molar-refractivity contribution in [3.8, 4) is 0 Å². The number of hydrogen-bond donors (Lipinski definition) is 2. The van der Waals surface area contributed by atoms with E-state index in [1.54, 1.807) is 34.7 Å². The van der Waals surface area contributed by atoms with Crippen LogP contribution in [0, 0.1) is 11.3 Å². The lowest BCUT2D eigenvalue weighted by atomic mass is 10.1. The second kappa shape index (κ2) is 8.31. The van der Waals surface area contributed by atoms with Crippen LogP contribution in [0.2, 0.25) is 0 Å². The third-order valence-corrected chi connectivity index (χ3v) is 4.18. The first kappa shape index (κ1) is 19.5. The van der Waals surface area contributed by atoms with Gasteiger partial charge in [0.1, 0.15) is 5.60 Å². The zero-order valence-electron chi connectivity index (χ0n) is 15.1. The summed E-state index contributed by atoms with van der Waals surface area (Å²) in [5.41, 5.74) is -0.367. The number of carbonyl (C=O) groups excluding carboxylic acids is 2. The Bertz CT molecular complexity index is 437. The second-order valence-corrected chi connectivity index (χ2v) is 7.42. The summed E-state index contributed by atoms with van der Waals surface area (Å²) in [6, 6.07) is -0.470. The lowest BCUT2D eigenvalue weighted by molar-refractivity contribution is -0.120. The maximum atomic E-state index is 12.0. The highest BCUT2D eigenvalue weighted by atomic mass is 16.6. The van der Waals surface area contributed by atoms with Crippen molar-refractivity contribution in [1.82, 2.24) is 10.2 Å². The molecular weight excluding hydrogens is 294 g/mol. The molecule has 0 saturated heterocycles. The van der Waals surface area contributed by atoms with Gasteiger partial charge in [0.2, 0.25) is 5.91 Å². The molecule has 1 aliphatic carbocycles. The zero-order chi connectivity index (χ0) is 17.6. The van der Waals surface area contributed by atoms with Crippen LogP contribution in [-0.4, -0.2) is 47.8 Å². The van der Waals surface area contributed by atoms with Crippen molar-refractivity contribution in [3.05, 3.63) is 0 Å². The molecule has 1 rings (SSSR count). The molecule has 132 valence electrons. The van der Waals surface area contributed by atoms with Crippen molar-refractivity contribution < 1.29 is 14.3 Å². The molecule has 0 radical (unpaired) electrons. The van der Waals surface area contributed by atoms with Gasteiger partial charge in [-0.1, -0.05) is 12.8 Å². The molecule has 0 aromatic carbocycles. The van der Waals surface area contributed by atoms with E-state index in [1.807, 2.05) is 0 Å². The molecule has 23 heavy (non-hydrogen) atoms. The van der Waals surface area contributed by atoms with Crippen molar-refractivity contribution in [2.75, 3.05) is 13.6 Å². The summed E-state index contributed by atoms with van der Waals surface area (Å²) < 4.78 is 5.28. The van der Waals surface area contributed by atoms with Gasteiger partial charge in [-0.15, -0.1) is 0 Å². The van der Waals surface area contributed by atoms with E-state index in [-0.39, 0.29) is 18.0 Å². The van der Waals surface area contributed by atoms with Gasteiger partial charge in [0.05, 0.1) is 12.5 Å². The maximum absolute atomic E-state index is 12.0. The molecular formula is C17H31N3O3. The average Bonchev–Trinajstić information content (AvgIpc) is 2.94. The number of amides is 2. The molecule has 1 saturated carbocycles. The molecule has 0 bridgehead atoms. The highest BCUT2D eigenvalue weighted by Crippen LogP contribution is 2.23. The Balaban J connectivity index is 2.39. The lowest BCUT2D eigenvalue weighted by Crippen LogP contribution is -2.44. The standard InChI is InChI=1S/C17H31N3O3/c1-12(20(5)16(22)23-17(2,3)4)14(18)10-15(21)19-11-13-8-6-7-9-13/h12-13,18H,6-11H2,1-5H3,(H,19,21). The summed E-state index contributed by atoms with van der Waals surface area (Å²) >= 11 is 0. The van der Waals surface area contributed by atoms with Crippen molar-refractivity contribution in [3.63, 3.8) is 0 Å². The summed E-state index contributed by atoms with van der Waals surface area (Å²) in [5.74, 6) is 0.432. The average molecular weight is 325 g/mol. The number of nitrogens with zero attached hydrogens (tertiary/aromatic N) is 1. The summed E-state index contributed by atoms with van der Waals surface area (Å²) in [5, 5.41) is 11.0.